The molecule has 1 saturated heterocycles. The lowest BCUT2D eigenvalue weighted by molar-refractivity contribution is 0.111. The minimum Gasteiger partial charge on any atom is -0.373 e. The van der Waals surface area contributed by atoms with Crippen LogP contribution in [0.5, 0.6) is 0 Å². The van der Waals surface area contributed by atoms with Gasteiger partial charge in [0.2, 0.25) is 0 Å². The average molecular weight is 310 g/mol. The highest BCUT2D eigenvalue weighted by molar-refractivity contribution is 5.71. The Morgan fingerprint density at radius 2 is 1.96 bits per heavy atom. The van der Waals surface area contributed by atoms with E-state index in [0.717, 1.165) is 19.4 Å². The van der Waals surface area contributed by atoms with Gasteiger partial charge in [-0.15, -0.1) is 13.2 Å². The quantitative estimate of drug-likeness (QED) is 0.390. The predicted molar refractivity (Wildman–Crippen MR) is 100 cm³/mol. The van der Waals surface area contributed by atoms with Gasteiger partial charge in [0.1, 0.15) is 0 Å². The van der Waals surface area contributed by atoms with E-state index < -0.39 is 0 Å². The summed E-state index contributed by atoms with van der Waals surface area (Å²) in [5.74, 6) is 0.335. The van der Waals surface area contributed by atoms with Gasteiger partial charge in [0, 0.05) is 5.92 Å². The van der Waals surface area contributed by atoms with E-state index in [9.17, 15) is 0 Å². The zero-order valence-electron chi connectivity index (χ0n) is 14.5. The molecule has 1 aromatic carbocycles. The van der Waals surface area contributed by atoms with Crippen LogP contribution in [-0.2, 0) is 4.74 Å². The number of hydrogen-bond acceptors (Lipinski definition) is 1. The number of benzene rings is 1. The largest absolute Gasteiger partial charge is 0.373 e. The van der Waals surface area contributed by atoms with Crippen LogP contribution in [0.25, 0.3) is 5.57 Å². The molecule has 1 heterocycles. The van der Waals surface area contributed by atoms with E-state index in [0.29, 0.717) is 5.92 Å². The normalized spacial score (nSPS) is 22.8. The molecule has 1 aromatic rings. The van der Waals surface area contributed by atoms with Gasteiger partial charge >= 0.3 is 0 Å². The first-order valence-corrected chi connectivity index (χ1v) is 8.95. The van der Waals surface area contributed by atoms with E-state index in [1.807, 2.05) is 12.2 Å². The maximum absolute atomic E-state index is 6.13. The number of ether oxygens (including phenoxy) is 1. The molecule has 0 aromatic heterocycles. The molecule has 0 N–H and O–H groups in total. The second-order valence-corrected chi connectivity index (χ2v) is 6.31. The summed E-state index contributed by atoms with van der Waals surface area (Å²) >= 11 is 0. The zero-order valence-corrected chi connectivity index (χ0v) is 14.5. The fraction of sp³-hybridized carbons (Fsp3) is 0.455. The summed E-state index contributed by atoms with van der Waals surface area (Å²) in [7, 11) is 0. The average Bonchev–Trinajstić information content (AvgIpc) is 3.00. The summed E-state index contributed by atoms with van der Waals surface area (Å²) < 4.78 is 6.13. The Morgan fingerprint density at radius 3 is 2.61 bits per heavy atom. The van der Waals surface area contributed by atoms with E-state index in [1.54, 1.807) is 0 Å². The smallest absolute Gasteiger partial charge is 0.0798 e. The van der Waals surface area contributed by atoms with Crippen molar-refractivity contribution in [2.75, 3.05) is 6.61 Å². The minimum absolute atomic E-state index is 0.241. The Labute approximate surface area is 141 Å². The van der Waals surface area contributed by atoms with Gasteiger partial charge in [0.05, 0.1) is 12.7 Å². The van der Waals surface area contributed by atoms with Crippen LogP contribution in [0.1, 0.15) is 51.0 Å². The van der Waals surface area contributed by atoms with Crippen LogP contribution in [0.15, 0.2) is 61.2 Å². The molecule has 2 atom stereocenters. The summed E-state index contributed by atoms with van der Waals surface area (Å²) in [6.07, 6.45) is 11.4. The molecular formula is C22H30O. The van der Waals surface area contributed by atoms with Crippen LogP contribution in [0, 0.1) is 5.92 Å². The Hall–Kier alpha value is -1.60. The summed E-state index contributed by atoms with van der Waals surface area (Å²) in [6.45, 7) is 11.0. The highest BCUT2D eigenvalue weighted by Gasteiger charge is 2.31. The molecule has 1 nitrogen and oxygen atoms in total. The van der Waals surface area contributed by atoms with Crippen LogP contribution in [0.2, 0.25) is 0 Å². The van der Waals surface area contributed by atoms with Crippen molar-refractivity contribution in [2.24, 2.45) is 5.92 Å². The molecule has 23 heavy (non-hydrogen) atoms. The van der Waals surface area contributed by atoms with E-state index in [1.165, 1.54) is 42.4 Å². The highest BCUT2D eigenvalue weighted by atomic mass is 16.5. The number of unbranched alkanes of at least 4 members (excludes halogenated alkanes) is 3. The van der Waals surface area contributed by atoms with E-state index in [2.05, 4.69) is 50.4 Å². The van der Waals surface area contributed by atoms with Gasteiger partial charge in [-0.1, -0.05) is 75.1 Å². The fourth-order valence-electron chi connectivity index (χ4n) is 3.43. The Balaban J connectivity index is 2.28. The molecule has 0 bridgehead atoms. The highest BCUT2D eigenvalue weighted by Crippen LogP contribution is 2.38. The predicted octanol–water partition coefficient (Wildman–Crippen LogP) is 6.19. The molecule has 0 spiro atoms. The van der Waals surface area contributed by atoms with Crippen molar-refractivity contribution >= 4 is 5.57 Å². The molecular weight excluding hydrogens is 280 g/mol. The van der Waals surface area contributed by atoms with Gasteiger partial charge < -0.3 is 4.74 Å². The van der Waals surface area contributed by atoms with Crippen molar-refractivity contribution in [1.29, 1.82) is 0 Å². The van der Waals surface area contributed by atoms with Crippen molar-refractivity contribution in [3.8, 4) is 0 Å². The standard InChI is InChI=1S/C22H30O/c1-4-7-8-12-16-21-22(18(6-3)17-23-21)20(13-5-2)19-14-10-9-11-15-19/h5-6,9-11,14-15,18,21H,2-4,7-8,12-13,16-17H2,1H3/b22-20+. The maximum Gasteiger partial charge on any atom is 0.0798 e. The van der Waals surface area contributed by atoms with E-state index >= 15 is 0 Å². The van der Waals surface area contributed by atoms with Crippen LogP contribution in [0.4, 0.5) is 0 Å². The molecule has 0 amide bonds. The molecule has 2 unspecified atom stereocenters. The van der Waals surface area contributed by atoms with E-state index in [4.69, 9.17) is 4.74 Å². The second-order valence-electron chi connectivity index (χ2n) is 6.31. The number of hydrogen-bond donors (Lipinski definition) is 0. The summed E-state index contributed by atoms with van der Waals surface area (Å²) in [4.78, 5) is 0. The van der Waals surface area contributed by atoms with Gasteiger partial charge in [-0.2, -0.15) is 0 Å². The van der Waals surface area contributed by atoms with Crippen molar-refractivity contribution in [3.05, 3.63) is 66.8 Å². The first-order valence-electron chi connectivity index (χ1n) is 8.95. The van der Waals surface area contributed by atoms with Gasteiger partial charge in [-0.3, -0.25) is 0 Å². The molecule has 1 fully saturated rings. The lowest BCUT2D eigenvalue weighted by atomic mass is 9.86. The third kappa shape index (κ3) is 4.68. The lowest BCUT2D eigenvalue weighted by Gasteiger charge is -2.19. The molecule has 0 radical (unpaired) electrons. The zero-order chi connectivity index (χ0) is 16.5. The topological polar surface area (TPSA) is 9.23 Å². The third-order valence-electron chi connectivity index (χ3n) is 4.65. The maximum atomic E-state index is 6.13. The van der Waals surface area contributed by atoms with Gasteiger partial charge in [-0.25, -0.2) is 0 Å². The number of rotatable bonds is 9. The van der Waals surface area contributed by atoms with Gasteiger partial charge in [0.25, 0.3) is 0 Å². The van der Waals surface area contributed by atoms with Crippen molar-refractivity contribution in [3.63, 3.8) is 0 Å². The minimum atomic E-state index is 0.241. The monoisotopic (exact) mass is 310 g/mol. The molecule has 124 valence electrons. The van der Waals surface area contributed by atoms with Gasteiger partial charge in [-0.05, 0) is 29.6 Å². The molecule has 2 rings (SSSR count). The first kappa shape index (κ1) is 17.7. The van der Waals surface area contributed by atoms with Crippen molar-refractivity contribution < 1.29 is 4.74 Å². The van der Waals surface area contributed by atoms with Gasteiger partial charge in [0.15, 0.2) is 0 Å². The molecule has 1 heteroatoms. The first-order chi connectivity index (χ1) is 11.3. The van der Waals surface area contributed by atoms with Crippen LogP contribution < -0.4 is 0 Å². The van der Waals surface area contributed by atoms with Crippen molar-refractivity contribution in [2.45, 2.75) is 51.6 Å². The molecule has 1 aliphatic rings. The fourth-order valence-corrected chi connectivity index (χ4v) is 3.43. The summed E-state index contributed by atoms with van der Waals surface area (Å²) in [5, 5.41) is 0. The van der Waals surface area contributed by atoms with Crippen LogP contribution >= 0.6 is 0 Å². The van der Waals surface area contributed by atoms with Crippen molar-refractivity contribution in [1.82, 2.24) is 0 Å². The van der Waals surface area contributed by atoms with Crippen LogP contribution in [0.3, 0.4) is 0 Å². The molecule has 0 saturated carbocycles. The Morgan fingerprint density at radius 1 is 1.17 bits per heavy atom. The Kier molecular flexibility index (Phi) is 7.35. The number of allylic oxidation sites excluding steroid dienone is 2. The SMILES string of the molecule is C=CC/C(=C1/C(C=C)COC1CCCCCC)c1ccccc1. The lowest BCUT2D eigenvalue weighted by Crippen LogP contribution is -2.11. The summed E-state index contributed by atoms with van der Waals surface area (Å²) in [6, 6.07) is 10.7. The van der Waals surface area contributed by atoms with E-state index in [-0.39, 0.29) is 6.10 Å². The third-order valence-corrected chi connectivity index (χ3v) is 4.65. The molecule has 1 aliphatic heterocycles. The Bertz CT molecular complexity index is 526. The molecule has 0 aliphatic carbocycles. The van der Waals surface area contributed by atoms with Crippen LogP contribution in [-0.4, -0.2) is 12.7 Å². The summed E-state index contributed by atoms with van der Waals surface area (Å²) in [5.41, 5.74) is 4.10. The second kappa shape index (κ2) is 9.52.